The summed E-state index contributed by atoms with van der Waals surface area (Å²) in [4.78, 5) is 4.78. The van der Waals surface area contributed by atoms with Crippen LogP contribution in [0.3, 0.4) is 0 Å². The standard InChI is InChI=1S/C14H19NO/c1-3-12-6-4-5-7-14(12)15-13-8-9-16-11(2)10-13/h4-7,11H,3,8-10H2,1-2H3. The summed E-state index contributed by atoms with van der Waals surface area (Å²) in [5.41, 5.74) is 3.74. The van der Waals surface area contributed by atoms with Crippen molar-refractivity contribution in [1.82, 2.24) is 0 Å². The molecule has 1 aliphatic heterocycles. The molecule has 0 aromatic heterocycles. The molecule has 0 spiro atoms. The van der Waals surface area contributed by atoms with Crippen molar-refractivity contribution in [1.29, 1.82) is 0 Å². The van der Waals surface area contributed by atoms with Crippen molar-refractivity contribution < 1.29 is 4.74 Å². The van der Waals surface area contributed by atoms with Crippen molar-refractivity contribution in [2.24, 2.45) is 4.99 Å². The predicted octanol–water partition coefficient (Wildman–Crippen LogP) is 3.52. The van der Waals surface area contributed by atoms with Crippen LogP contribution < -0.4 is 0 Å². The van der Waals surface area contributed by atoms with Crippen LogP contribution in [0.15, 0.2) is 29.3 Å². The second kappa shape index (κ2) is 5.26. The van der Waals surface area contributed by atoms with Crippen molar-refractivity contribution >= 4 is 11.4 Å². The zero-order valence-corrected chi connectivity index (χ0v) is 10.1. The van der Waals surface area contributed by atoms with Crippen LogP contribution in [0.4, 0.5) is 5.69 Å². The Morgan fingerprint density at radius 1 is 1.38 bits per heavy atom. The molecule has 0 amide bonds. The fraction of sp³-hybridized carbons (Fsp3) is 0.500. The zero-order valence-electron chi connectivity index (χ0n) is 10.1. The lowest BCUT2D eigenvalue weighted by Gasteiger charge is -2.20. The number of aryl methyl sites for hydroxylation is 1. The van der Waals surface area contributed by atoms with Crippen molar-refractivity contribution in [3.63, 3.8) is 0 Å². The maximum Gasteiger partial charge on any atom is 0.0660 e. The Kier molecular flexibility index (Phi) is 3.73. The molecule has 16 heavy (non-hydrogen) atoms. The van der Waals surface area contributed by atoms with Crippen molar-refractivity contribution in [2.75, 3.05) is 6.61 Å². The third-order valence-electron chi connectivity index (χ3n) is 2.97. The first-order valence-electron chi connectivity index (χ1n) is 6.05. The van der Waals surface area contributed by atoms with E-state index < -0.39 is 0 Å². The number of hydrogen-bond acceptors (Lipinski definition) is 2. The van der Waals surface area contributed by atoms with Crippen molar-refractivity contribution in [3.8, 4) is 0 Å². The monoisotopic (exact) mass is 217 g/mol. The lowest BCUT2D eigenvalue weighted by Crippen LogP contribution is -2.22. The van der Waals surface area contributed by atoms with E-state index in [2.05, 4.69) is 38.1 Å². The highest BCUT2D eigenvalue weighted by Crippen LogP contribution is 2.22. The van der Waals surface area contributed by atoms with Gasteiger partial charge < -0.3 is 4.74 Å². The van der Waals surface area contributed by atoms with Gasteiger partial charge in [0.05, 0.1) is 18.4 Å². The molecule has 1 aliphatic rings. The molecule has 0 radical (unpaired) electrons. The molecule has 1 aromatic rings. The van der Waals surface area contributed by atoms with Gasteiger partial charge in [0.2, 0.25) is 0 Å². The van der Waals surface area contributed by atoms with E-state index in [1.165, 1.54) is 11.3 Å². The fourth-order valence-electron chi connectivity index (χ4n) is 2.06. The highest BCUT2D eigenvalue weighted by atomic mass is 16.5. The average molecular weight is 217 g/mol. The topological polar surface area (TPSA) is 21.6 Å². The Bertz CT molecular complexity index is 384. The van der Waals surface area contributed by atoms with Gasteiger partial charge in [0, 0.05) is 18.6 Å². The van der Waals surface area contributed by atoms with Gasteiger partial charge in [-0.05, 0) is 25.0 Å². The molecule has 1 heterocycles. The summed E-state index contributed by atoms with van der Waals surface area (Å²) in [6.07, 6.45) is 3.31. The normalized spacial score (nSPS) is 23.6. The smallest absolute Gasteiger partial charge is 0.0660 e. The molecule has 1 fully saturated rings. The summed E-state index contributed by atoms with van der Waals surface area (Å²) in [6, 6.07) is 8.39. The lowest BCUT2D eigenvalue weighted by molar-refractivity contribution is 0.0634. The summed E-state index contributed by atoms with van der Waals surface area (Å²) >= 11 is 0. The minimum absolute atomic E-state index is 0.321. The second-order valence-corrected chi connectivity index (χ2v) is 4.30. The van der Waals surface area contributed by atoms with Crippen LogP contribution in [-0.4, -0.2) is 18.4 Å². The molecule has 1 atom stereocenters. The molecule has 0 bridgehead atoms. The van der Waals surface area contributed by atoms with Gasteiger partial charge in [-0.25, -0.2) is 0 Å². The molecule has 2 heteroatoms. The van der Waals surface area contributed by atoms with Gasteiger partial charge in [0.15, 0.2) is 0 Å². The van der Waals surface area contributed by atoms with Crippen LogP contribution in [0.25, 0.3) is 0 Å². The van der Waals surface area contributed by atoms with Crippen LogP contribution in [0, 0.1) is 0 Å². The van der Waals surface area contributed by atoms with Crippen molar-refractivity contribution in [2.45, 2.75) is 39.2 Å². The molecule has 1 aromatic carbocycles. The highest BCUT2D eigenvalue weighted by molar-refractivity contribution is 5.88. The molecular formula is C14H19NO. The summed E-state index contributed by atoms with van der Waals surface area (Å²) in [5.74, 6) is 0. The molecule has 0 saturated carbocycles. The van der Waals surface area contributed by atoms with Gasteiger partial charge in [-0.3, -0.25) is 4.99 Å². The van der Waals surface area contributed by atoms with Crippen LogP contribution in [-0.2, 0) is 11.2 Å². The lowest BCUT2D eigenvalue weighted by atomic mass is 10.1. The van der Waals surface area contributed by atoms with E-state index in [-0.39, 0.29) is 0 Å². The quantitative estimate of drug-likeness (QED) is 0.742. The molecule has 1 unspecified atom stereocenters. The highest BCUT2D eigenvalue weighted by Gasteiger charge is 2.14. The van der Waals surface area contributed by atoms with Gasteiger partial charge in [0.25, 0.3) is 0 Å². The Morgan fingerprint density at radius 3 is 2.94 bits per heavy atom. The number of hydrogen-bond donors (Lipinski definition) is 0. The fourth-order valence-corrected chi connectivity index (χ4v) is 2.06. The van der Waals surface area contributed by atoms with E-state index in [0.717, 1.165) is 31.6 Å². The first-order chi connectivity index (χ1) is 7.79. The second-order valence-electron chi connectivity index (χ2n) is 4.30. The summed E-state index contributed by atoms with van der Waals surface area (Å²) in [6.45, 7) is 5.10. The van der Waals surface area contributed by atoms with E-state index in [9.17, 15) is 0 Å². The number of aliphatic imine (C=N–C) groups is 1. The molecular weight excluding hydrogens is 198 g/mol. The molecule has 0 N–H and O–H groups in total. The largest absolute Gasteiger partial charge is 0.378 e. The number of ether oxygens (including phenoxy) is 1. The minimum atomic E-state index is 0.321. The van der Waals surface area contributed by atoms with E-state index in [1.807, 2.05) is 0 Å². The minimum Gasteiger partial charge on any atom is -0.378 e. The number of para-hydroxylation sites is 1. The molecule has 86 valence electrons. The van der Waals surface area contributed by atoms with Crippen LogP contribution in [0.1, 0.15) is 32.3 Å². The van der Waals surface area contributed by atoms with Crippen LogP contribution >= 0.6 is 0 Å². The van der Waals surface area contributed by atoms with Gasteiger partial charge in [0.1, 0.15) is 0 Å². The zero-order chi connectivity index (χ0) is 11.4. The van der Waals surface area contributed by atoms with Gasteiger partial charge in [-0.15, -0.1) is 0 Å². The number of rotatable bonds is 2. The Balaban J connectivity index is 2.21. The van der Waals surface area contributed by atoms with Crippen LogP contribution in [0.2, 0.25) is 0 Å². The van der Waals surface area contributed by atoms with E-state index in [4.69, 9.17) is 9.73 Å². The summed E-state index contributed by atoms with van der Waals surface area (Å²) in [5, 5.41) is 0. The Morgan fingerprint density at radius 2 is 2.19 bits per heavy atom. The number of benzene rings is 1. The molecule has 2 nitrogen and oxygen atoms in total. The maximum absolute atomic E-state index is 5.52. The van der Waals surface area contributed by atoms with E-state index >= 15 is 0 Å². The summed E-state index contributed by atoms with van der Waals surface area (Å²) < 4.78 is 5.52. The Labute approximate surface area is 97.4 Å². The maximum atomic E-state index is 5.52. The number of nitrogens with zero attached hydrogens (tertiary/aromatic N) is 1. The van der Waals surface area contributed by atoms with Gasteiger partial charge in [-0.2, -0.15) is 0 Å². The van der Waals surface area contributed by atoms with E-state index in [0.29, 0.717) is 6.10 Å². The van der Waals surface area contributed by atoms with E-state index in [1.54, 1.807) is 0 Å². The first kappa shape index (κ1) is 11.3. The molecule has 1 saturated heterocycles. The summed E-state index contributed by atoms with van der Waals surface area (Å²) in [7, 11) is 0. The third kappa shape index (κ3) is 2.70. The van der Waals surface area contributed by atoms with Crippen molar-refractivity contribution in [3.05, 3.63) is 29.8 Å². The molecule has 0 aliphatic carbocycles. The van der Waals surface area contributed by atoms with Gasteiger partial charge in [-0.1, -0.05) is 25.1 Å². The SMILES string of the molecule is CCc1ccccc1N=C1CCOC(C)C1. The molecule has 2 rings (SSSR count). The van der Waals surface area contributed by atoms with Gasteiger partial charge >= 0.3 is 0 Å². The first-order valence-corrected chi connectivity index (χ1v) is 6.05. The average Bonchev–Trinajstić information content (AvgIpc) is 2.30. The van der Waals surface area contributed by atoms with Crippen LogP contribution in [0.5, 0.6) is 0 Å². The third-order valence-corrected chi connectivity index (χ3v) is 2.97. The Hall–Kier alpha value is -1.15. The predicted molar refractivity (Wildman–Crippen MR) is 67.6 cm³/mol.